The molecule has 9 nitrogen and oxygen atoms in total. The maximum Gasteiger partial charge on any atom is 0.315 e. The number of amides is 3. The summed E-state index contributed by atoms with van der Waals surface area (Å²) < 4.78 is 54.0. The number of urea groups is 1. The van der Waals surface area contributed by atoms with Crippen molar-refractivity contribution < 1.29 is 31.9 Å². The smallest absolute Gasteiger partial charge is 0.315 e. The quantitative estimate of drug-likeness (QED) is 0.386. The van der Waals surface area contributed by atoms with E-state index in [4.69, 9.17) is 0 Å². The van der Waals surface area contributed by atoms with Crippen LogP contribution in [0, 0.1) is 11.6 Å². The van der Waals surface area contributed by atoms with E-state index < -0.39 is 56.3 Å². The molecule has 2 atom stereocenters. The monoisotopic (exact) mass is 508 g/mol. The van der Waals surface area contributed by atoms with Crippen molar-refractivity contribution in [2.45, 2.75) is 36.4 Å². The fourth-order valence-electron chi connectivity index (χ4n) is 3.66. The Kier molecular flexibility index (Phi) is 8.41. The van der Waals surface area contributed by atoms with Gasteiger partial charge in [0.2, 0.25) is 15.9 Å². The molecule has 1 aliphatic rings. The molecule has 2 aromatic carbocycles. The van der Waals surface area contributed by atoms with E-state index in [0.29, 0.717) is 24.6 Å². The third-order valence-electron chi connectivity index (χ3n) is 5.43. The zero-order valence-electron chi connectivity index (χ0n) is 18.7. The number of carbonyl (C=O) groups excluding carboxylic acids is 2. The minimum atomic E-state index is -4.37. The minimum absolute atomic E-state index is 0.0244. The highest BCUT2D eigenvalue weighted by atomic mass is 32.2. The lowest BCUT2D eigenvalue weighted by Gasteiger charge is -2.26. The average molecular weight is 509 g/mol. The summed E-state index contributed by atoms with van der Waals surface area (Å²) in [6.07, 6.45) is 0.512. The lowest BCUT2D eigenvalue weighted by molar-refractivity contribution is -0.124. The van der Waals surface area contributed by atoms with Crippen molar-refractivity contribution in [2.75, 3.05) is 13.1 Å². The molecule has 12 heteroatoms. The van der Waals surface area contributed by atoms with Gasteiger partial charge in [0.1, 0.15) is 29.5 Å². The number of halogens is 2. The average Bonchev–Trinajstić information content (AvgIpc) is 3.31. The van der Waals surface area contributed by atoms with Crippen LogP contribution in [-0.4, -0.2) is 54.9 Å². The van der Waals surface area contributed by atoms with Crippen LogP contribution in [-0.2, 0) is 21.4 Å². The van der Waals surface area contributed by atoms with Crippen LogP contribution in [0.1, 0.15) is 18.4 Å². The molecule has 3 amide bonds. The first kappa shape index (κ1) is 26.1. The number of carbonyl (C=O) groups is 2. The fourth-order valence-corrected chi connectivity index (χ4v) is 5.36. The lowest BCUT2D eigenvalue weighted by atomic mass is 10.2. The largest absolute Gasteiger partial charge is 0.511 e. The van der Waals surface area contributed by atoms with Crippen LogP contribution in [0.15, 0.2) is 65.8 Å². The first-order valence-corrected chi connectivity index (χ1v) is 12.2. The van der Waals surface area contributed by atoms with Crippen LogP contribution in [0.2, 0.25) is 0 Å². The van der Waals surface area contributed by atoms with Gasteiger partial charge in [0.15, 0.2) is 0 Å². The van der Waals surface area contributed by atoms with E-state index >= 15 is 0 Å². The Morgan fingerprint density at radius 2 is 1.77 bits per heavy atom. The van der Waals surface area contributed by atoms with Gasteiger partial charge < -0.3 is 21.1 Å². The summed E-state index contributed by atoms with van der Waals surface area (Å²) in [5.41, 5.74) is 0.875. The molecule has 0 radical (unpaired) electrons. The van der Waals surface area contributed by atoms with Crippen molar-refractivity contribution >= 4 is 22.0 Å². The van der Waals surface area contributed by atoms with Crippen molar-refractivity contribution in [1.82, 2.24) is 20.3 Å². The maximum absolute atomic E-state index is 13.6. The van der Waals surface area contributed by atoms with Crippen LogP contribution in [0.25, 0.3) is 0 Å². The number of sulfonamides is 1. The number of nitrogens with zero attached hydrogens (tertiary/aromatic N) is 1. The molecule has 0 saturated carbocycles. The van der Waals surface area contributed by atoms with Crippen LogP contribution in [0.3, 0.4) is 0 Å². The normalized spacial score (nSPS) is 16.9. The fraction of sp³-hybridized carbons (Fsp3) is 0.304. The number of benzene rings is 2. The van der Waals surface area contributed by atoms with Crippen molar-refractivity contribution in [2.24, 2.45) is 0 Å². The zero-order chi connectivity index (χ0) is 25.6. The second-order valence-electron chi connectivity index (χ2n) is 7.98. The van der Waals surface area contributed by atoms with E-state index in [2.05, 4.69) is 22.5 Å². The number of hydrogen-bond donors (Lipinski definition) is 4. The predicted molar refractivity (Wildman–Crippen MR) is 124 cm³/mol. The molecular formula is C23H26F2N4O5S. The summed E-state index contributed by atoms with van der Waals surface area (Å²) in [6.45, 7) is 3.42. The number of hydrogen-bond acceptors (Lipinski definition) is 5. The van der Waals surface area contributed by atoms with E-state index in [0.717, 1.165) is 9.87 Å². The van der Waals surface area contributed by atoms with Gasteiger partial charge in [0.05, 0.1) is 4.90 Å². The van der Waals surface area contributed by atoms with Crippen molar-refractivity contribution in [3.8, 4) is 0 Å². The zero-order valence-corrected chi connectivity index (χ0v) is 19.5. The first-order valence-electron chi connectivity index (χ1n) is 10.8. The summed E-state index contributed by atoms with van der Waals surface area (Å²) in [5, 5.41) is 17.5. The van der Waals surface area contributed by atoms with Gasteiger partial charge in [0.25, 0.3) is 0 Å². The maximum atomic E-state index is 13.6. The Balaban J connectivity index is 1.62. The van der Waals surface area contributed by atoms with Gasteiger partial charge in [-0.2, -0.15) is 4.31 Å². The number of aliphatic hydroxyl groups is 1. The van der Waals surface area contributed by atoms with Gasteiger partial charge in [-0.25, -0.2) is 22.0 Å². The summed E-state index contributed by atoms with van der Waals surface area (Å²) in [4.78, 5) is 24.4. The van der Waals surface area contributed by atoms with Gasteiger partial charge in [-0.15, -0.1) is 0 Å². The van der Waals surface area contributed by atoms with E-state index in [1.165, 1.54) is 0 Å². The highest BCUT2D eigenvalue weighted by Gasteiger charge is 2.40. The van der Waals surface area contributed by atoms with Crippen molar-refractivity contribution in [3.05, 3.63) is 78.1 Å². The highest BCUT2D eigenvalue weighted by molar-refractivity contribution is 7.89. The van der Waals surface area contributed by atoms with E-state index in [-0.39, 0.29) is 26.1 Å². The Morgan fingerprint density at radius 3 is 2.40 bits per heavy atom. The molecule has 3 rings (SSSR count). The Morgan fingerprint density at radius 1 is 1.11 bits per heavy atom. The summed E-state index contributed by atoms with van der Waals surface area (Å²) in [6, 6.07) is 8.27. The molecular weight excluding hydrogens is 482 g/mol. The molecule has 4 N–H and O–H groups in total. The lowest BCUT2D eigenvalue weighted by Crippen LogP contribution is -2.52. The van der Waals surface area contributed by atoms with Crippen molar-refractivity contribution in [3.63, 3.8) is 0 Å². The molecule has 0 spiro atoms. The Hall–Kier alpha value is -3.51. The number of aliphatic hydroxyl groups excluding tert-OH is 1. The third kappa shape index (κ3) is 6.76. The van der Waals surface area contributed by atoms with Gasteiger partial charge >= 0.3 is 6.03 Å². The standard InChI is InChI=1S/C23H26F2N4O5S/c1-15(30)20(14-27-23(32)26-13-16-6-3-2-4-7-16)28-22(31)21-8-5-9-29(21)35(33,34)19-11-17(24)10-18(25)12-19/h2-4,6-7,10-12,20-21,30H,1,5,8-9,13-14H2,(H,28,31)(H2,26,27,32)/t20-,21-/m0/s1. The van der Waals surface area contributed by atoms with E-state index in [9.17, 15) is 31.9 Å². The molecule has 1 fully saturated rings. The van der Waals surface area contributed by atoms with E-state index in [1.807, 2.05) is 30.3 Å². The van der Waals surface area contributed by atoms with Crippen LogP contribution < -0.4 is 16.0 Å². The van der Waals surface area contributed by atoms with Gasteiger partial charge in [-0.3, -0.25) is 4.79 Å². The highest BCUT2D eigenvalue weighted by Crippen LogP contribution is 2.27. The number of rotatable bonds is 9. The second-order valence-corrected chi connectivity index (χ2v) is 9.87. The summed E-state index contributed by atoms with van der Waals surface area (Å²) >= 11 is 0. The van der Waals surface area contributed by atoms with Gasteiger partial charge in [0, 0.05) is 25.7 Å². The molecule has 0 unspecified atom stereocenters. The molecule has 35 heavy (non-hydrogen) atoms. The van der Waals surface area contributed by atoms with Crippen LogP contribution in [0.5, 0.6) is 0 Å². The molecule has 2 aromatic rings. The number of nitrogens with one attached hydrogen (secondary N) is 3. The molecule has 1 heterocycles. The van der Waals surface area contributed by atoms with E-state index in [1.54, 1.807) is 0 Å². The molecule has 0 bridgehead atoms. The summed E-state index contributed by atoms with van der Waals surface area (Å²) in [7, 11) is -4.37. The summed E-state index contributed by atoms with van der Waals surface area (Å²) in [5.74, 6) is -3.30. The Bertz CT molecular complexity index is 1170. The van der Waals surface area contributed by atoms with Gasteiger partial charge in [-0.05, 0) is 30.5 Å². The molecule has 0 aromatic heterocycles. The SMILES string of the molecule is C=C(O)[C@H](CNC(=O)NCc1ccccc1)NC(=O)[C@@H]1CCCN1S(=O)(=O)c1cc(F)cc(F)c1. The first-order chi connectivity index (χ1) is 16.6. The Labute approximate surface area is 201 Å². The third-order valence-corrected chi connectivity index (χ3v) is 7.32. The van der Waals surface area contributed by atoms with Crippen LogP contribution in [0.4, 0.5) is 13.6 Å². The molecule has 1 aliphatic heterocycles. The molecule has 188 valence electrons. The van der Waals surface area contributed by atoms with Crippen LogP contribution >= 0.6 is 0 Å². The molecule has 0 aliphatic carbocycles. The second kappa shape index (κ2) is 11.3. The van der Waals surface area contributed by atoms with Crippen molar-refractivity contribution in [1.29, 1.82) is 0 Å². The predicted octanol–water partition coefficient (Wildman–Crippen LogP) is 2.17. The van der Waals surface area contributed by atoms with Gasteiger partial charge in [-0.1, -0.05) is 36.9 Å². The minimum Gasteiger partial charge on any atom is -0.511 e. The molecule has 1 saturated heterocycles. The topological polar surface area (TPSA) is 128 Å².